The van der Waals surface area contributed by atoms with Crippen LogP contribution in [-0.4, -0.2) is 18.9 Å². The van der Waals surface area contributed by atoms with E-state index in [1.165, 1.54) is 23.9 Å². The molecular weight excluding hydrogens is 505 g/mol. The lowest BCUT2D eigenvalue weighted by Gasteiger charge is -2.39. The van der Waals surface area contributed by atoms with E-state index in [1.807, 2.05) is 18.2 Å². The number of hydrogen-bond acceptors (Lipinski definition) is 5. The van der Waals surface area contributed by atoms with Crippen LogP contribution in [0.4, 0.5) is 10.1 Å². The highest BCUT2D eigenvalue weighted by Gasteiger charge is 2.46. The Morgan fingerprint density at radius 1 is 1.10 bits per heavy atom. The minimum Gasteiger partial charge on any atom is -0.454 e. The van der Waals surface area contributed by atoms with Crippen molar-refractivity contribution in [3.05, 3.63) is 113 Å². The summed E-state index contributed by atoms with van der Waals surface area (Å²) in [6.45, 7) is 2.45. The quantitative estimate of drug-likeness (QED) is 0.266. The number of amides is 1. The molecule has 6 nitrogen and oxygen atoms in total. The van der Waals surface area contributed by atoms with Crippen LogP contribution in [0.3, 0.4) is 0 Å². The van der Waals surface area contributed by atoms with Crippen molar-refractivity contribution in [2.45, 2.75) is 38.6 Å². The Balaban J connectivity index is 1.23. The standard InChI is InChI=1S/C33H32FN3O3/c1-33-18-23(19-35)29(36-27-12-10-26(34)11-13-27)17-25(33)9-8-24(33)16-28(21-5-3-2-4-6-21)37-32(38)22-7-14-30-31(15-22)40-20-39-30/h2-7,10-15,17,19,24,28,35-36H,8-9,16,18,20H2,1H3,(H,37,38)/t24-,28?,33-/m1/s1. The molecule has 1 unspecified atom stereocenters. The highest BCUT2D eigenvalue weighted by atomic mass is 19.1. The number of hydrogen-bond donors (Lipinski definition) is 3. The van der Waals surface area contributed by atoms with E-state index in [0.717, 1.165) is 48.2 Å². The molecule has 0 saturated heterocycles. The number of ether oxygens (including phenoxy) is 2. The first-order valence-electron chi connectivity index (χ1n) is 13.7. The van der Waals surface area contributed by atoms with Crippen molar-refractivity contribution < 1.29 is 18.7 Å². The van der Waals surface area contributed by atoms with Gasteiger partial charge in [0.25, 0.3) is 5.91 Å². The first-order chi connectivity index (χ1) is 19.4. The van der Waals surface area contributed by atoms with Gasteiger partial charge in [-0.3, -0.25) is 4.79 Å². The van der Waals surface area contributed by atoms with Crippen LogP contribution in [0.2, 0.25) is 0 Å². The fraction of sp³-hybridized carbons (Fsp3) is 0.273. The molecule has 1 saturated carbocycles. The SMILES string of the molecule is C[C@]12CC(C=N)=C(Nc3ccc(F)cc3)C=C1CC[C@@H]2CC(NC(=O)c1ccc2c(c1)OCO2)c1ccccc1. The van der Waals surface area contributed by atoms with E-state index in [9.17, 15) is 9.18 Å². The average molecular weight is 538 g/mol. The summed E-state index contributed by atoms with van der Waals surface area (Å²) in [5.74, 6) is 1.11. The van der Waals surface area contributed by atoms with Gasteiger partial charge in [0.15, 0.2) is 11.5 Å². The molecule has 1 heterocycles. The second kappa shape index (κ2) is 10.6. The Morgan fingerprint density at radius 2 is 1.88 bits per heavy atom. The lowest BCUT2D eigenvalue weighted by molar-refractivity contribution is 0.0923. The molecule has 0 aromatic heterocycles. The van der Waals surface area contributed by atoms with Gasteiger partial charge in [0.2, 0.25) is 6.79 Å². The molecule has 3 N–H and O–H groups in total. The highest BCUT2D eigenvalue weighted by molar-refractivity contribution is 5.95. The molecule has 0 spiro atoms. The van der Waals surface area contributed by atoms with E-state index in [-0.39, 0.29) is 30.0 Å². The van der Waals surface area contributed by atoms with E-state index in [2.05, 4.69) is 35.8 Å². The van der Waals surface area contributed by atoms with Gasteiger partial charge in [-0.05, 0) is 96.7 Å². The molecule has 3 aliphatic rings. The molecule has 204 valence electrons. The van der Waals surface area contributed by atoms with Crippen molar-refractivity contribution in [2.24, 2.45) is 11.3 Å². The first-order valence-corrected chi connectivity index (χ1v) is 13.7. The number of fused-ring (bicyclic) bond motifs is 2. The normalized spacial score (nSPS) is 21.9. The van der Waals surface area contributed by atoms with E-state index in [0.29, 0.717) is 23.0 Å². The summed E-state index contributed by atoms with van der Waals surface area (Å²) in [7, 11) is 0. The first kappa shape index (κ1) is 25.9. The molecule has 3 aromatic rings. The number of rotatable bonds is 8. The van der Waals surface area contributed by atoms with Gasteiger partial charge in [-0.25, -0.2) is 4.39 Å². The average Bonchev–Trinajstić information content (AvgIpc) is 3.57. The second-order valence-electron chi connectivity index (χ2n) is 11.0. The van der Waals surface area contributed by atoms with E-state index < -0.39 is 0 Å². The van der Waals surface area contributed by atoms with Crippen LogP contribution in [0.5, 0.6) is 11.5 Å². The van der Waals surface area contributed by atoms with Gasteiger partial charge >= 0.3 is 0 Å². The number of halogens is 1. The molecule has 0 radical (unpaired) electrons. The van der Waals surface area contributed by atoms with Crippen molar-refractivity contribution in [1.29, 1.82) is 5.41 Å². The number of anilines is 1. The zero-order valence-electron chi connectivity index (χ0n) is 22.4. The molecule has 0 bridgehead atoms. The number of nitrogens with one attached hydrogen (secondary N) is 3. The number of carbonyl (C=O) groups excluding carboxylic acids is 1. The van der Waals surface area contributed by atoms with Gasteiger partial charge in [-0.1, -0.05) is 42.8 Å². The Labute approximate surface area is 233 Å². The third-order valence-electron chi connectivity index (χ3n) is 8.58. The predicted octanol–water partition coefficient (Wildman–Crippen LogP) is 7.18. The third kappa shape index (κ3) is 4.99. The van der Waals surface area contributed by atoms with Crippen LogP contribution in [0.25, 0.3) is 0 Å². The van der Waals surface area contributed by atoms with Crippen LogP contribution >= 0.6 is 0 Å². The fourth-order valence-corrected chi connectivity index (χ4v) is 6.29. The lowest BCUT2D eigenvalue weighted by Crippen LogP contribution is -2.34. The van der Waals surface area contributed by atoms with Gasteiger partial charge in [-0.15, -0.1) is 0 Å². The number of benzene rings is 3. The number of allylic oxidation sites excluding steroid dienone is 3. The maximum absolute atomic E-state index is 13.4. The Bertz CT molecular complexity index is 1500. The molecule has 6 rings (SSSR count). The van der Waals surface area contributed by atoms with Crippen molar-refractivity contribution in [3.8, 4) is 11.5 Å². The van der Waals surface area contributed by atoms with E-state index in [1.54, 1.807) is 30.3 Å². The molecule has 3 aromatic carbocycles. The van der Waals surface area contributed by atoms with Crippen molar-refractivity contribution >= 4 is 17.8 Å². The van der Waals surface area contributed by atoms with E-state index in [4.69, 9.17) is 14.9 Å². The summed E-state index contributed by atoms with van der Waals surface area (Å²) >= 11 is 0. The molecule has 1 amide bonds. The molecular formula is C33H32FN3O3. The molecule has 7 heteroatoms. The zero-order chi connectivity index (χ0) is 27.7. The van der Waals surface area contributed by atoms with E-state index >= 15 is 0 Å². The van der Waals surface area contributed by atoms with Crippen LogP contribution in [0.15, 0.2) is 95.7 Å². The predicted molar refractivity (Wildman–Crippen MR) is 153 cm³/mol. The van der Waals surface area contributed by atoms with Gasteiger partial charge in [0.05, 0.1) is 6.04 Å². The zero-order valence-corrected chi connectivity index (χ0v) is 22.4. The monoisotopic (exact) mass is 537 g/mol. The van der Waals surface area contributed by atoms with Crippen LogP contribution in [-0.2, 0) is 0 Å². The van der Waals surface area contributed by atoms with Crippen LogP contribution in [0.1, 0.15) is 54.6 Å². The molecule has 2 aliphatic carbocycles. The minimum absolute atomic E-state index is 0.128. The topological polar surface area (TPSA) is 83.4 Å². The minimum atomic E-state index is -0.279. The summed E-state index contributed by atoms with van der Waals surface area (Å²) < 4.78 is 24.3. The second-order valence-corrected chi connectivity index (χ2v) is 11.0. The maximum atomic E-state index is 13.4. The summed E-state index contributed by atoms with van der Waals surface area (Å²) in [5, 5.41) is 14.8. The molecule has 1 aliphatic heterocycles. The third-order valence-corrected chi connectivity index (χ3v) is 8.58. The van der Waals surface area contributed by atoms with Gasteiger partial charge in [-0.2, -0.15) is 0 Å². The number of carbonyl (C=O) groups is 1. The van der Waals surface area contributed by atoms with Gasteiger partial charge in [0, 0.05) is 23.2 Å². The summed E-state index contributed by atoms with van der Waals surface area (Å²) in [6.07, 6.45) is 7.07. The molecule has 1 fully saturated rings. The maximum Gasteiger partial charge on any atom is 0.251 e. The van der Waals surface area contributed by atoms with Crippen LogP contribution in [0, 0.1) is 22.6 Å². The Hall–Kier alpha value is -4.39. The molecule has 3 atom stereocenters. The summed E-state index contributed by atoms with van der Waals surface area (Å²) in [6, 6.07) is 21.5. The largest absolute Gasteiger partial charge is 0.454 e. The smallest absolute Gasteiger partial charge is 0.251 e. The van der Waals surface area contributed by atoms with Crippen molar-refractivity contribution in [1.82, 2.24) is 5.32 Å². The Morgan fingerprint density at radius 3 is 2.65 bits per heavy atom. The van der Waals surface area contributed by atoms with Gasteiger partial charge < -0.3 is 25.5 Å². The lowest BCUT2D eigenvalue weighted by atomic mass is 9.67. The fourth-order valence-electron chi connectivity index (χ4n) is 6.29. The van der Waals surface area contributed by atoms with Crippen LogP contribution < -0.4 is 20.1 Å². The summed E-state index contributed by atoms with van der Waals surface area (Å²) in [4.78, 5) is 13.4. The van der Waals surface area contributed by atoms with Gasteiger partial charge in [0.1, 0.15) is 5.82 Å². The highest BCUT2D eigenvalue weighted by Crippen LogP contribution is 2.56. The van der Waals surface area contributed by atoms with Crippen molar-refractivity contribution in [2.75, 3.05) is 12.1 Å². The summed E-state index contributed by atoms with van der Waals surface area (Å²) in [5.41, 5.74) is 5.43. The van der Waals surface area contributed by atoms with Crippen molar-refractivity contribution in [3.63, 3.8) is 0 Å². The Kier molecular flexibility index (Phi) is 6.88. The molecule has 40 heavy (non-hydrogen) atoms.